The third-order valence-corrected chi connectivity index (χ3v) is 6.63. The van der Waals surface area contributed by atoms with Gasteiger partial charge in [-0.15, -0.1) is 0 Å². The zero-order valence-electron chi connectivity index (χ0n) is 17.1. The molecule has 0 fully saturated rings. The average Bonchev–Trinajstić information content (AvgIpc) is 3.30. The second-order valence-corrected chi connectivity index (χ2v) is 8.57. The minimum absolute atomic E-state index is 0. The van der Waals surface area contributed by atoms with Crippen molar-refractivity contribution >= 4 is 30.1 Å². The quantitative estimate of drug-likeness (QED) is 0.145. The minimum Gasteiger partial charge on any atom is -1.00 e. The largest absolute Gasteiger partial charge is 2.00 e. The van der Waals surface area contributed by atoms with Gasteiger partial charge < -0.3 is 40.3 Å². The zero-order chi connectivity index (χ0) is 20.3. The van der Waals surface area contributed by atoms with Crippen LogP contribution in [0, 0.1) is 0 Å². The van der Waals surface area contributed by atoms with Gasteiger partial charge in [0.15, 0.2) is 0 Å². The van der Waals surface area contributed by atoms with Crippen LogP contribution in [-0.4, -0.2) is 22.3 Å². The number of aromatic nitrogens is 2. The molecule has 8 heteroatoms. The molecule has 0 saturated heterocycles. The summed E-state index contributed by atoms with van der Waals surface area (Å²) in [5.41, 5.74) is 6.15. The summed E-state index contributed by atoms with van der Waals surface area (Å²) in [6, 6.07) is 31.8. The van der Waals surface area contributed by atoms with E-state index in [-0.39, 0.29) is 45.2 Å². The molecule has 1 heterocycles. The molecule has 1 atom stereocenters. The Morgan fingerprint density at radius 3 is 1.53 bits per heavy atom. The van der Waals surface area contributed by atoms with E-state index in [1.165, 1.54) is 15.9 Å². The van der Waals surface area contributed by atoms with Gasteiger partial charge in [0.05, 0.1) is 6.33 Å². The molecule has 170 valence electrons. The van der Waals surface area contributed by atoms with Crippen LogP contribution in [0.2, 0.25) is 0 Å². The Morgan fingerprint density at radius 1 is 0.812 bits per heavy atom. The number of halogens is 2. The van der Waals surface area contributed by atoms with E-state index in [2.05, 4.69) is 101 Å². The molecule has 4 rings (SSSR count). The Balaban J connectivity index is 0.000000642. The first-order valence-corrected chi connectivity index (χ1v) is 10.7. The molecule has 4 aromatic rings. The molecule has 0 amide bonds. The molecule has 0 aliphatic heterocycles. The van der Waals surface area contributed by atoms with Crippen LogP contribution in [0.1, 0.15) is 5.69 Å². The summed E-state index contributed by atoms with van der Waals surface area (Å²) in [7, 11) is -0.446. The van der Waals surface area contributed by atoms with Crippen molar-refractivity contribution in [3.8, 4) is 0 Å². The summed E-state index contributed by atoms with van der Waals surface area (Å²) in [6.07, 6.45) is 5.34. The second-order valence-electron chi connectivity index (χ2n) is 6.35. The number of nitrogens with one attached hydrogen (secondary N) is 1. The van der Waals surface area contributed by atoms with E-state index >= 15 is 0 Å². The number of rotatable bonds is 6. The Morgan fingerprint density at radius 2 is 1.22 bits per heavy atom. The molecule has 0 spiro atoms. The molecular weight excluding hydrogens is 555 g/mol. The third-order valence-electron chi connectivity index (χ3n) is 4.19. The van der Waals surface area contributed by atoms with Gasteiger partial charge in [-0.1, -0.05) is 97.0 Å². The van der Waals surface area contributed by atoms with E-state index in [1.54, 1.807) is 18.8 Å². The molecule has 1 aromatic heterocycles. The number of carbonyl (C=O) groups excluding carboxylic acids is 1. The number of imidazole rings is 1. The van der Waals surface area contributed by atoms with E-state index in [4.69, 9.17) is 5.73 Å². The minimum atomic E-state index is -0.541. The fraction of sp³-hybridized carbons (Fsp3) is 0.0833. The average molecular weight is 578 g/mol. The Hall–Kier alpha value is -1.83. The molecule has 3 aromatic carbocycles. The fourth-order valence-electron chi connectivity index (χ4n) is 2.85. The van der Waals surface area contributed by atoms with E-state index in [1.807, 2.05) is 0 Å². The molecule has 0 saturated carbocycles. The van der Waals surface area contributed by atoms with Crippen molar-refractivity contribution < 1.29 is 50.0 Å². The van der Waals surface area contributed by atoms with Gasteiger partial charge in [-0.25, -0.2) is 11.3 Å². The van der Waals surface area contributed by atoms with Crippen molar-refractivity contribution in [1.29, 1.82) is 0 Å². The van der Waals surface area contributed by atoms with Crippen molar-refractivity contribution in [2.45, 2.75) is 12.5 Å². The smallest absolute Gasteiger partial charge is 1.00 e. The van der Waals surface area contributed by atoms with Crippen molar-refractivity contribution in [2.24, 2.45) is 5.73 Å². The summed E-state index contributed by atoms with van der Waals surface area (Å²) >= 11 is 0. The normalized spacial score (nSPS) is 10.3. The SMILES string of the molecule is N[C@H]([C-]=O)Cc1cnc[nH]1.[Cl-].[Cl-].[Pd+2].c1ccc(P(c2ccccc2)c2ccccc2)cc1. The third kappa shape index (κ3) is 9.35. The van der Waals surface area contributed by atoms with Gasteiger partial charge in [0.25, 0.3) is 0 Å². The zero-order valence-corrected chi connectivity index (χ0v) is 21.0. The van der Waals surface area contributed by atoms with Crippen molar-refractivity contribution in [1.82, 2.24) is 9.97 Å². The van der Waals surface area contributed by atoms with E-state index in [9.17, 15) is 4.79 Å². The molecular formula is C24H23Cl2N3OPPd-. The Kier molecular flexibility index (Phi) is 15.8. The second kappa shape index (κ2) is 16.8. The molecule has 32 heavy (non-hydrogen) atoms. The first kappa shape index (κ1) is 30.2. The topological polar surface area (TPSA) is 71.8 Å². The molecule has 0 unspecified atom stereocenters. The van der Waals surface area contributed by atoms with Crippen LogP contribution in [0.4, 0.5) is 0 Å². The maximum atomic E-state index is 9.95. The summed E-state index contributed by atoms with van der Waals surface area (Å²) in [4.78, 5) is 16.5. The number of aromatic amines is 1. The van der Waals surface area contributed by atoms with Gasteiger partial charge in [0.1, 0.15) is 0 Å². The summed E-state index contributed by atoms with van der Waals surface area (Å²) in [5, 5.41) is 4.19. The maximum absolute atomic E-state index is 9.95. The number of nitrogens with two attached hydrogens (primary N) is 1. The summed E-state index contributed by atoms with van der Waals surface area (Å²) in [5.74, 6) is 0. The van der Waals surface area contributed by atoms with Crippen LogP contribution >= 0.6 is 7.92 Å². The number of hydrogen-bond acceptors (Lipinski definition) is 3. The van der Waals surface area contributed by atoms with Crippen molar-refractivity contribution in [3.05, 3.63) is 109 Å². The first-order valence-electron chi connectivity index (χ1n) is 9.33. The molecule has 4 nitrogen and oxygen atoms in total. The van der Waals surface area contributed by atoms with E-state index < -0.39 is 14.0 Å². The molecule has 3 N–H and O–H groups in total. The molecule has 0 radical (unpaired) electrons. The summed E-state index contributed by atoms with van der Waals surface area (Å²) < 4.78 is 0. The number of nitrogens with zero attached hydrogens (tertiary/aromatic N) is 1. The van der Waals surface area contributed by atoms with Gasteiger partial charge in [-0.05, 0) is 30.3 Å². The number of benzene rings is 3. The van der Waals surface area contributed by atoms with Crippen LogP contribution in [-0.2, 0) is 31.6 Å². The van der Waals surface area contributed by atoms with Gasteiger partial charge in [-0.3, -0.25) is 0 Å². The van der Waals surface area contributed by atoms with E-state index in [0.717, 1.165) is 5.69 Å². The molecule has 0 aliphatic rings. The standard InChI is InChI=1S/C18H15P.C6H8N3O.2ClH.Pd/c1-4-10-16(11-5-1)19(17-12-6-2-7-13-17)18-14-8-3-9-15-18;7-5(3-10)1-6-2-8-4-9-6;;;/h1-15H;2,4-5H,1,7H2,(H,8,9);2*1H;/q;-1;;;+2/p-2/t;5-;;;/m.0.../s1. The number of H-pyrrole nitrogens is 1. The summed E-state index contributed by atoms with van der Waals surface area (Å²) in [6.45, 7) is 0. The first-order chi connectivity index (χ1) is 14.3. The van der Waals surface area contributed by atoms with Gasteiger partial charge in [0, 0.05) is 11.9 Å². The molecule has 0 aliphatic carbocycles. The van der Waals surface area contributed by atoms with Crippen LogP contribution in [0.15, 0.2) is 104 Å². The van der Waals surface area contributed by atoms with Crippen LogP contribution in [0.25, 0.3) is 0 Å². The van der Waals surface area contributed by atoms with Gasteiger partial charge in [0.2, 0.25) is 0 Å². The Labute approximate surface area is 216 Å². The van der Waals surface area contributed by atoms with Crippen LogP contribution < -0.4 is 46.5 Å². The maximum Gasteiger partial charge on any atom is 2.00 e. The predicted molar refractivity (Wildman–Crippen MR) is 121 cm³/mol. The van der Waals surface area contributed by atoms with Crippen LogP contribution in [0.3, 0.4) is 0 Å². The molecule has 0 bridgehead atoms. The predicted octanol–water partition coefficient (Wildman–Crippen LogP) is -3.16. The van der Waals surface area contributed by atoms with Crippen molar-refractivity contribution in [3.63, 3.8) is 0 Å². The monoisotopic (exact) mass is 576 g/mol. The van der Waals surface area contributed by atoms with Crippen molar-refractivity contribution in [2.75, 3.05) is 0 Å². The van der Waals surface area contributed by atoms with Gasteiger partial charge >= 0.3 is 20.4 Å². The van der Waals surface area contributed by atoms with Crippen LogP contribution in [0.5, 0.6) is 0 Å². The van der Waals surface area contributed by atoms with E-state index in [0.29, 0.717) is 6.42 Å². The number of hydrogen-bond donors (Lipinski definition) is 2. The fourth-order valence-corrected chi connectivity index (χ4v) is 5.16. The van der Waals surface area contributed by atoms with Gasteiger partial charge in [-0.2, -0.15) is 0 Å². The Bertz CT molecular complexity index is 884.